The summed E-state index contributed by atoms with van der Waals surface area (Å²) in [4.78, 5) is 36.7. The first-order valence-electron chi connectivity index (χ1n) is 9.96. The number of epoxide rings is 1. The van der Waals surface area contributed by atoms with E-state index in [1.54, 1.807) is 12.2 Å². The van der Waals surface area contributed by atoms with Crippen LogP contribution < -0.4 is 0 Å². The number of hydrogen-bond acceptors (Lipinski definition) is 7. The van der Waals surface area contributed by atoms with Crippen LogP contribution in [0.4, 0.5) is 0 Å². The maximum atomic E-state index is 12.3. The lowest BCUT2D eigenvalue weighted by molar-refractivity contribution is -0.141. The molecule has 2 aliphatic heterocycles. The Morgan fingerprint density at radius 3 is 2.45 bits per heavy atom. The van der Waals surface area contributed by atoms with Crippen molar-refractivity contribution >= 4 is 17.9 Å². The molecule has 0 unspecified atom stereocenters. The molecule has 1 fully saturated rings. The molecular formula is C22H28O7. The summed E-state index contributed by atoms with van der Waals surface area (Å²) >= 11 is 0. The Morgan fingerprint density at radius 1 is 1.10 bits per heavy atom. The Balaban J connectivity index is 1.95. The predicted molar refractivity (Wildman–Crippen MR) is 104 cm³/mol. The van der Waals surface area contributed by atoms with Crippen LogP contribution in [0.5, 0.6) is 0 Å². The summed E-state index contributed by atoms with van der Waals surface area (Å²) in [6.45, 7) is 4.12. The molecule has 0 saturated carbocycles. The number of fused-ring (bicyclic) bond motifs is 2. The zero-order valence-corrected chi connectivity index (χ0v) is 17.4. The Hall–Kier alpha value is -2.41. The van der Waals surface area contributed by atoms with Gasteiger partial charge in [-0.15, -0.1) is 0 Å². The number of ether oxygens (including phenoxy) is 4. The van der Waals surface area contributed by atoms with Crippen molar-refractivity contribution in [2.75, 3.05) is 14.2 Å². The topological polar surface area (TPSA) is 91.4 Å². The van der Waals surface area contributed by atoms with Crippen molar-refractivity contribution < 1.29 is 33.3 Å². The maximum Gasteiger partial charge on any atom is 0.334 e. The highest BCUT2D eigenvalue weighted by molar-refractivity contribution is 5.92. The van der Waals surface area contributed by atoms with Crippen LogP contribution in [0.25, 0.3) is 0 Å². The first kappa shape index (κ1) is 21.3. The lowest BCUT2D eigenvalue weighted by atomic mass is 9.85. The molecule has 29 heavy (non-hydrogen) atoms. The number of esters is 3. The molecule has 7 heteroatoms. The lowest BCUT2D eigenvalue weighted by Crippen LogP contribution is -2.24. The predicted octanol–water partition coefficient (Wildman–Crippen LogP) is 2.79. The van der Waals surface area contributed by atoms with E-state index in [2.05, 4.69) is 13.8 Å². The summed E-state index contributed by atoms with van der Waals surface area (Å²) in [6, 6.07) is 0. The number of methoxy groups -OCH3 is 2. The molecular weight excluding hydrogens is 376 g/mol. The first-order valence-corrected chi connectivity index (χ1v) is 9.96. The summed E-state index contributed by atoms with van der Waals surface area (Å²) in [7, 11) is 2.68. The highest BCUT2D eigenvalue weighted by atomic mass is 16.6. The molecule has 0 spiro atoms. The van der Waals surface area contributed by atoms with E-state index >= 15 is 0 Å². The van der Waals surface area contributed by atoms with Gasteiger partial charge in [-0.2, -0.15) is 0 Å². The van der Waals surface area contributed by atoms with Crippen LogP contribution in [0, 0.1) is 5.92 Å². The molecule has 2 heterocycles. The van der Waals surface area contributed by atoms with Gasteiger partial charge in [0.25, 0.3) is 0 Å². The van der Waals surface area contributed by atoms with E-state index < -0.39 is 17.7 Å². The Kier molecular flexibility index (Phi) is 6.27. The van der Waals surface area contributed by atoms with Gasteiger partial charge in [-0.3, -0.25) is 0 Å². The van der Waals surface area contributed by atoms with Crippen LogP contribution >= 0.6 is 0 Å². The van der Waals surface area contributed by atoms with Gasteiger partial charge in [0.2, 0.25) is 0 Å². The zero-order valence-electron chi connectivity index (χ0n) is 17.4. The molecule has 3 aliphatic rings. The van der Waals surface area contributed by atoms with Gasteiger partial charge in [-0.05, 0) is 43.8 Å². The molecule has 0 N–H and O–H groups in total. The quantitative estimate of drug-likeness (QED) is 0.406. The summed E-state index contributed by atoms with van der Waals surface area (Å²) in [5.74, 6) is -1.04. The van der Waals surface area contributed by atoms with E-state index in [0.29, 0.717) is 42.4 Å². The molecule has 0 aromatic carbocycles. The average Bonchev–Trinajstić information content (AvgIpc) is 3.30. The van der Waals surface area contributed by atoms with Crippen LogP contribution in [-0.2, 0) is 33.3 Å². The fourth-order valence-electron chi connectivity index (χ4n) is 4.06. The number of allylic oxidation sites excluding steroid dienone is 1. The van der Waals surface area contributed by atoms with Crippen molar-refractivity contribution in [2.45, 2.75) is 63.8 Å². The molecule has 0 aromatic rings. The summed E-state index contributed by atoms with van der Waals surface area (Å²) in [5.41, 5.74) is 1.09. The minimum absolute atomic E-state index is 0.185. The smallest absolute Gasteiger partial charge is 0.334 e. The molecule has 3 rings (SSSR count). The standard InChI is InChI=1S/C22H28O7/c1-13(2)22-9-8-14(19(23)26-3)6-5-7-15-10-17(28-21(15)25)11-16(20(24)27-4)12-18(22)29-22/h6,10,12-13,17-18H,5,7-9,11H2,1-4H3/b14-6-,16-12-/t17-,18+,22+/m0/s1. The van der Waals surface area contributed by atoms with Gasteiger partial charge in [0, 0.05) is 23.1 Å². The van der Waals surface area contributed by atoms with Crippen LogP contribution in [0.3, 0.4) is 0 Å². The van der Waals surface area contributed by atoms with Crippen molar-refractivity contribution in [3.63, 3.8) is 0 Å². The second kappa shape index (κ2) is 8.53. The first-order chi connectivity index (χ1) is 13.8. The van der Waals surface area contributed by atoms with Gasteiger partial charge >= 0.3 is 17.9 Å². The number of hydrogen-bond donors (Lipinski definition) is 0. The normalized spacial score (nSPS) is 33.1. The third kappa shape index (κ3) is 4.45. The van der Waals surface area contributed by atoms with Gasteiger partial charge in [-0.1, -0.05) is 19.9 Å². The van der Waals surface area contributed by atoms with E-state index in [0.717, 1.165) is 0 Å². The van der Waals surface area contributed by atoms with E-state index in [9.17, 15) is 14.4 Å². The second-order valence-corrected chi connectivity index (χ2v) is 7.93. The van der Waals surface area contributed by atoms with Gasteiger partial charge in [0.15, 0.2) is 0 Å². The SMILES string of the molecule is COC(=O)/C1=C\CCC2=C[C@@H](C/C(C(=O)OC)=C/[C@H]3O[C@@]3(C(C)C)CC1)OC2=O. The van der Waals surface area contributed by atoms with Gasteiger partial charge < -0.3 is 18.9 Å². The minimum Gasteiger partial charge on any atom is -0.466 e. The van der Waals surface area contributed by atoms with Crippen LogP contribution in [0.15, 0.2) is 34.9 Å². The average molecular weight is 404 g/mol. The van der Waals surface area contributed by atoms with Crippen molar-refractivity contribution in [2.24, 2.45) is 5.92 Å². The largest absolute Gasteiger partial charge is 0.466 e. The number of carbonyl (C=O) groups excluding carboxylic acids is 3. The summed E-state index contributed by atoms with van der Waals surface area (Å²) < 4.78 is 21.3. The zero-order chi connectivity index (χ0) is 21.2. The number of rotatable bonds is 3. The highest BCUT2D eigenvalue weighted by Crippen LogP contribution is 2.49. The summed E-state index contributed by atoms with van der Waals surface area (Å²) in [6.07, 6.45) is 6.94. The van der Waals surface area contributed by atoms with Gasteiger partial charge in [-0.25, -0.2) is 14.4 Å². The highest BCUT2D eigenvalue weighted by Gasteiger charge is 2.57. The fraction of sp³-hybridized carbons (Fsp3) is 0.591. The Morgan fingerprint density at radius 2 is 1.79 bits per heavy atom. The van der Waals surface area contributed by atoms with Gasteiger partial charge in [0.1, 0.15) is 17.8 Å². The molecule has 0 amide bonds. The van der Waals surface area contributed by atoms with E-state index in [-0.39, 0.29) is 30.4 Å². The molecule has 3 atom stereocenters. The molecule has 2 bridgehead atoms. The van der Waals surface area contributed by atoms with Crippen molar-refractivity contribution in [1.29, 1.82) is 0 Å². The van der Waals surface area contributed by atoms with E-state index in [1.165, 1.54) is 14.2 Å². The van der Waals surface area contributed by atoms with Crippen LogP contribution in [0.1, 0.15) is 46.0 Å². The molecule has 7 nitrogen and oxygen atoms in total. The molecule has 158 valence electrons. The van der Waals surface area contributed by atoms with Crippen molar-refractivity contribution in [3.8, 4) is 0 Å². The summed E-state index contributed by atoms with van der Waals surface area (Å²) in [5, 5.41) is 0. The van der Waals surface area contributed by atoms with E-state index in [4.69, 9.17) is 18.9 Å². The monoisotopic (exact) mass is 404 g/mol. The Labute approximate surface area is 170 Å². The van der Waals surface area contributed by atoms with Crippen molar-refractivity contribution in [1.82, 2.24) is 0 Å². The Bertz CT molecular complexity index is 789. The van der Waals surface area contributed by atoms with Crippen molar-refractivity contribution in [3.05, 3.63) is 34.9 Å². The van der Waals surface area contributed by atoms with E-state index in [1.807, 2.05) is 6.08 Å². The number of carbonyl (C=O) groups is 3. The maximum absolute atomic E-state index is 12.3. The second-order valence-electron chi connectivity index (χ2n) is 7.93. The van der Waals surface area contributed by atoms with Crippen LogP contribution in [0.2, 0.25) is 0 Å². The third-order valence-electron chi connectivity index (χ3n) is 5.91. The molecule has 1 saturated heterocycles. The molecule has 0 radical (unpaired) electrons. The van der Waals surface area contributed by atoms with Crippen LogP contribution in [-0.4, -0.2) is 49.9 Å². The third-order valence-corrected chi connectivity index (χ3v) is 5.91. The molecule has 0 aromatic heterocycles. The lowest BCUT2D eigenvalue weighted by Gasteiger charge is -2.18. The fourth-order valence-corrected chi connectivity index (χ4v) is 4.06. The molecule has 1 aliphatic carbocycles. The minimum atomic E-state index is -0.512. The van der Waals surface area contributed by atoms with Gasteiger partial charge in [0.05, 0.1) is 14.2 Å².